The van der Waals surface area contributed by atoms with E-state index in [4.69, 9.17) is 4.74 Å². The van der Waals surface area contributed by atoms with Gasteiger partial charge in [-0.15, -0.1) is 11.3 Å². The molecule has 0 atom stereocenters. The third kappa shape index (κ3) is 2.36. The fourth-order valence-corrected chi connectivity index (χ4v) is 2.53. The molecule has 0 aliphatic carbocycles. The number of hydrogen-bond acceptors (Lipinski definition) is 3. The summed E-state index contributed by atoms with van der Waals surface area (Å²) in [6.07, 6.45) is 0.382. The Morgan fingerprint density at radius 1 is 1.40 bits per heavy atom. The van der Waals surface area contributed by atoms with Crippen molar-refractivity contribution in [2.75, 3.05) is 6.61 Å². The van der Waals surface area contributed by atoms with Gasteiger partial charge in [-0.05, 0) is 24.4 Å². The average molecular weight is 220 g/mol. The van der Waals surface area contributed by atoms with E-state index < -0.39 is 0 Å². The van der Waals surface area contributed by atoms with E-state index in [1.54, 1.807) is 11.3 Å². The van der Waals surface area contributed by atoms with E-state index >= 15 is 0 Å². The lowest BCUT2D eigenvalue weighted by Crippen LogP contribution is -2.05. The zero-order chi connectivity index (χ0) is 10.7. The van der Waals surface area contributed by atoms with Crippen LogP contribution in [0.1, 0.15) is 11.8 Å². The van der Waals surface area contributed by atoms with Gasteiger partial charge in [0.1, 0.15) is 0 Å². The van der Waals surface area contributed by atoms with Gasteiger partial charge in [0.15, 0.2) is 0 Å². The fourth-order valence-electron chi connectivity index (χ4n) is 1.48. The summed E-state index contributed by atoms with van der Waals surface area (Å²) in [6, 6.07) is 10.2. The van der Waals surface area contributed by atoms with Gasteiger partial charge in [0.05, 0.1) is 13.0 Å². The van der Waals surface area contributed by atoms with Crippen molar-refractivity contribution in [3.8, 4) is 0 Å². The molecule has 0 unspecified atom stereocenters. The lowest BCUT2D eigenvalue weighted by atomic mass is 10.2. The van der Waals surface area contributed by atoms with Crippen LogP contribution in [0.2, 0.25) is 0 Å². The third-order valence-electron chi connectivity index (χ3n) is 2.10. The first-order valence-corrected chi connectivity index (χ1v) is 5.74. The van der Waals surface area contributed by atoms with Gasteiger partial charge in [-0.1, -0.05) is 18.2 Å². The van der Waals surface area contributed by atoms with E-state index in [9.17, 15) is 4.79 Å². The summed E-state index contributed by atoms with van der Waals surface area (Å²) in [5, 5.41) is 1.20. The Hall–Kier alpha value is -1.35. The van der Waals surface area contributed by atoms with Crippen LogP contribution in [-0.4, -0.2) is 12.6 Å². The SMILES string of the molecule is CCOC(=O)Cc1cc2ccccc2s1. The van der Waals surface area contributed by atoms with Crippen LogP contribution < -0.4 is 0 Å². The van der Waals surface area contributed by atoms with Crippen molar-refractivity contribution in [1.82, 2.24) is 0 Å². The Balaban J connectivity index is 2.18. The molecule has 0 fully saturated rings. The summed E-state index contributed by atoms with van der Waals surface area (Å²) in [7, 11) is 0. The van der Waals surface area contributed by atoms with Crippen LogP contribution in [0.25, 0.3) is 10.1 Å². The minimum atomic E-state index is -0.149. The summed E-state index contributed by atoms with van der Waals surface area (Å²) in [6.45, 7) is 2.27. The summed E-state index contributed by atoms with van der Waals surface area (Å²) < 4.78 is 6.13. The van der Waals surface area contributed by atoms with Gasteiger partial charge in [-0.25, -0.2) is 0 Å². The van der Waals surface area contributed by atoms with Crippen molar-refractivity contribution in [3.63, 3.8) is 0 Å². The molecular weight excluding hydrogens is 208 g/mol. The van der Waals surface area contributed by atoms with E-state index in [1.807, 2.05) is 19.1 Å². The number of thiophene rings is 1. The lowest BCUT2D eigenvalue weighted by Gasteiger charge is -1.97. The quantitative estimate of drug-likeness (QED) is 0.743. The molecule has 2 nitrogen and oxygen atoms in total. The maximum absolute atomic E-state index is 11.3. The molecule has 1 heterocycles. The number of benzene rings is 1. The molecule has 15 heavy (non-hydrogen) atoms. The van der Waals surface area contributed by atoms with Crippen LogP contribution in [0, 0.1) is 0 Å². The van der Waals surface area contributed by atoms with Gasteiger partial charge in [0, 0.05) is 9.58 Å². The molecule has 0 N–H and O–H groups in total. The second kappa shape index (κ2) is 4.45. The van der Waals surface area contributed by atoms with Crippen LogP contribution in [0.4, 0.5) is 0 Å². The molecule has 0 amide bonds. The van der Waals surface area contributed by atoms with Gasteiger partial charge < -0.3 is 4.74 Å². The molecule has 0 saturated heterocycles. The summed E-state index contributed by atoms with van der Waals surface area (Å²) in [5.74, 6) is -0.149. The number of hydrogen-bond donors (Lipinski definition) is 0. The van der Waals surface area contributed by atoms with Crippen LogP contribution in [0.3, 0.4) is 0 Å². The fraction of sp³-hybridized carbons (Fsp3) is 0.250. The van der Waals surface area contributed by atoms with Crippen molar-refractivity contribution in [2.45, 2.75) is 13.3 Å². The number of carbonyl (C=O) groups excluding carboxylic acids is 1. The van der Waals surface area contributed by atoms with E-state index in [-0.39, 0.29) is 5.97 Å². The first-order valence-electron chi connectivity index (χ1n) is 4.92. The molecule has 0 radical (unpaired) electrons. The molecule has 0 bridgehead atoms. The molecule has 0 saturated carbocycles. The van der Waals surface area contributed by atoms with Crippen LogP contribution in [-0.2, 0) is 16.0 Å². The molecule has 3 heteroatoms. The highest BCUT2D eigenvalue weighted by Crippen LogP contribution is 2.25. The molecule has 0 spiro atoms. The molecule has 1 aromatic carbocycles. The van der Waals surface area contributed by atoms with E-state index in [0.717, 1.165) is 4.88 Å². The second-order valence-corrected chi connectivity index (χ2v) is 4.40. The highest BCUT2D eigenvalue weighted by molar-refractivity contribution is 7.19. The smallest absolute Gasteiger partial charge is 0.311 e. The monoisotopic (exact) mass is 220 g/mol. The number of fused-ring (bicyclic) bond motifs is 1. The maximum atomic E-state index is 11.3. The highest BCUT2D eigenvalue weighted by atomic mass is 32.1. The average Bonchev–Trinajstić information content (AvgIpc) is 2.59. The lowest BCUT2D eigenvalue weighted by molar-refractivity contribution is -0.142. The largest absolute Gasteiger partial charge is 0.466 e. The van der Waals surface area contributed by atoms with Crippen molar-refractivity contribution in [1.29, 1.82) is 0 Å². The third-order valence-corrected chi connectivity index (χ3v) is 3.22. The predicted octanol–water partition coefficient (Wildman–Crippen LogP) is 3.01. The van der Waals surface area contributed by atoms with E-state index in [1.165, 1.54) is 10.1 Å². The zero-order valence-electron chi connectivity index (χ0n) is 8.53. The van der Waals surface area contributed by atoms with Crippen molar-refractivity contribution in [3.05, 3.63) is 35.2 Å². The molecule has 0 aliphatic heterocycles. The summed E-state index contributed by atoms with van der Waals surface area (Å²) in [4.78, 5) is 12.3. The van der Waals surface area contributed by atoms with Crippen LogP contribution >= 0.6 is 11.3 Å². The molecular formula is C12H12O2S. The van der Waals surface area contributed by atoms with Gasteiger partial charge >= 0.3 is 5.97 Å². The number of rotatable bonds is 3. The normalized spacial score (nSPS) is 10.5. The molecule has 0 aliphatic rings. The van der Waals surface area contributed by atoms with Crippen molar-refractivity contribution >= 4 is 27.4 Å². The second-order valence-electron chi connectivity index (χ2n) is 3.23. The Morgan fingerprint density at radius 2 is 2.20 bits per heavy atom. The first-order chi connectivity index (χ1) is 7.29. The Morgan fingerprint density at radius 3 is 2.93 bits per heavy atom. The number of carbonyl (C=O) groups is 1. The Labute approximate surface area is 92.5 Å². The molecule has 78 valence electrons. The van der Waals surface area contributed by atoms with Gasteiger partial charge in [-0.2, -0.15) is 0 Å². The number of ether oxygens (including phenoxy) is 1. The molecule has 2 rings (SSSR count). The van der Waals surface area contributed by atoms with Gasteiger partial charge in [0.2, 0.25) is 0 Å². The first kappa shape index (κ1) is 10.2. The molecule has 1 aromatic heterocycles. The highest BCUT2D eigenvalue weighted by Gasteiger charge is 2.07. The van der Waals surface area contributed by atoms with E-state index in [2.05, 4.69) is 18.2 Å². The Kier molecular flexibility index (Phi) is 3.02. The Bertz CT molecular complexity index is 440. The zero-order valence-corrected chi connectivity index (χ0v) is 9.34. The molecule has 2 aromatic rings. The minimum Gasteiger partial charge on any atom is -0.466 e. The maximum Gasteiger partial charge on any atom is 0.311 e. The topological polar surface area (TPSA) is 26.3 Å². The van der Waals surface area contributed by atoms with Crippen LogP contribution in [0.5, 0.6) is 0 Å². The van der Waals surface area contributed by atoms with Gasteiger partial charge in [0.25, 0.3) is 0 Å². The van der Waals surface area contributed by atoms with Crippen molar-refractivity contribution in [2.24, 2.45) is 0 Å². The van der Waals surface area contributed by atoms with Gasteiger partial charge in [-0.3, -0.25) is 4.79 Å². The van der Waals surface area contributed by atoms with E-state index in [0.29, 0.717) is 13.0 Å². The summed E-state index contributed by atoms with van der Waals surface area (Å²) >= 11 is 1.65. The standard InChI is InChI=1S/C12H12O2S/c1-2-14-12(13)8-10-7-9-5-3-4-6-11(9)15-10/h3-7H,2,8H2,1H3. The summed E-state index contributed by atoms with van der Waals surface area (Å²) in [5.41, 5.74) is 0. The number of esters is 1. The predicted molar refractivity (Wildman–Crippen MR) is 62.2 cm³/mol. The minimum absolute atomic E-state index is 0.149. The van der Waals surface area contributed by atoms with Crippen LogP contribution in [0.15, 0.2) is 30.3 Å². The van der Waals surface area contributed by atoms with Crippen molar-refractivity contribution < 1.29 is 9.53 Å².